The Kier molecular flexibility index (Phi) is 4.23. The number of carbonyl (C=O) groups excluding carboxylic acids is 1. The summed E-state index contributed by atoms with van der Waals surface area (Å²) in [5, 5.41) is 3.97. The topological polar surface area (TPSA) is 48.5 Å². The van der Waals surface area contributed by atoms with Crippen LogP contribution >= 0.6 is 0 Å². The van der Waals surface area contributed by atoms with Crippen molar-refractivity contribution in [1.29, 1.82) is 0 Å². The summed E-state index contributed by atoms with van der Waals surface area (Å²) in [5.74, 6) is 0. The number of benzene rings is 1. The maximum atomic E-state index is 11.9. The van der Waals surface area contributed by atoms with Crippen LogP contribution in [0.5, 0.6) is 0 Å². The third-order valence-corrected chi connectivity index (χ3v) is 3.92. The highest BCUT2D eigenvalue weighted by atomic mass is 16.2. The minimum Gasteiger partial charge on any atom is -0.366 e. The molecule has 0 spiro atoms. The summed E-state index contributed by atoms with van der Waals surface area (Å²) < 4.78 is 0. The highest BCUT2D eigenvalue weighted by Crippen LogP contribution is 2.25. The van der Waals surface area contributed by atoms with Crippen LogP contribution in [0.25, 0.3) is 10.9 Å². The number of hydrogen-bond donors (Lipinski definition) is 1. The van der Waals surface area contributed by atoms with Crippen LogP contribution in [0.15, 0.2) is 49.2 Å². The van der Waals surface area contributed by atoms with Crippen molar-refractivity contribution in [3.8, 4) is 0 Å². The lowest BCUT2D eigenvalue weighted by Crippen LogP contribution is -2.52. The van der Waals surface area contributed by atoms with Crippen molar-refractivity contribution in [3.63, 3.8) is 0 Å². The number of anilines is 1. The molecule has 1 aliphatic heterocycles. The summed E-state index contributed by atoms with van der Waals surface area (Å²) in [6.07, 6.45) is 3.51. The fraction of sp³-hybridized carbons (Fsp3) is 0.294. The Labute approximate surface area is 130 Å². The first-order valence-electron chi connectivity index (χ1n) is 7.52. The number of para-hydroxylation sites is 1. The van der Waals surface area contributed by atoms with Crippen LogP contribution in [-0.2, 0) is 0 Å². The van der Waals surface area contributed by atoms with E-state index in [1.165, 1.54) is 0 Å². The molecule has 114 valence electrons. The average Bonchev–Trinajstić information content (AvgIpc) is 2.59. The van der Waals surface area contributed by atoms with Gasteiger partial charge < -0.3 is 15.1 Å². The van der Waals surface area contributed by atoms with E-state index in [0.29, 0.717) is 19.6 Å². The number of pyridine rings is 1. The number of urea groups is 1. The van der Waals surface area contributed by atoms with Crippen molar-refractivity contribution in [2.75, 3.05) is 37.6 Å². The van der Waals surface area contributed by atoms with Gasteiger partial charge in [0.2, 0.25) is 0 Å². The zero-order chi connectivity index (χ0) is 15.4. The summed E-state index contributed by atoms with van der Waals surface area (Å²) >= 11 is 0. The molecule has 0 atom stereocenters. The lowest BCUT2D eigenvalue weighted by atomic mass is 10.1. The number of piperazine rings is 1. The SMILES string of the molecule is C=CCNC(=O)N1CCN(c2cccc3cccnc23)CC1. The van der Waals surface area contributed by atoms with E-state index in [0.717, 1.165) is 29.7 Å². The molecule has 1 aliphatic rings. The lowest BCUT2D eigenvalue weighted by molar-refractivity contribution is 0.195. The summed E-state index contributed by atoms with van der Waals surface area (Å²) in [7, 11) is 0. The Hall–Kier alpha value is -2.56. The molecule has 1 aromatic heterocycles. The first kappa shape index (κ1) is 14.4. The molecule has 1 aromatic carbocycles. The normalized spacial score (nSPS) is 14.9. The van der Waals surface area contributed by atoms with Crippen LogP contribution in [0, 0.1) is 0 Å². The molecule has 5 heteroatoms. The van der Waals surface area contributed by atoms with Crippen LogP contribution in [0.4, 0.5) is 10.5 Å². The maximum absolute atomic E-state index is 11.9. The van der Waals surface area contributed by atoms with Crippen LogP contribution in [0.3, 0.4) is 0 Å². The van der Waals surface area contributed by atoms with Crippen molar-refractivity contribution in [2.24, 2.45) is 0 Å². The summed E-state index contributed by atoms with van der Waals surface area (Å²) in [4.78, 5) is 20.6. The van der Waals surface area contributed by atoms with Gasteiger partial charge in [0, 0.05) is 44.3 Å². The molecule has 0 saturated carbocycles. The predicted octanol–water partition coefficient (Wildman–Crippen LogP) is 2.25. The molecule has 1 fully saturated rings. The number of nitrogens with one attached hydrogen (secondary N) is 1. The van der Waals surface area contributed by atoms with Gasteiger partial charge in [-0.3, -0.25) is 4.98 Å². The molecule has 0 unspecified atom stereocenters. The Morgan fingerprint density at radius 2 is 2.00 bits per heavy atom. The largest absolute Gasteiger partial charge is 0.366 e. The van der Waals surface area contributed by atoms with Crippen LogP contribution in [0.1, 0.15) is 0 Å². The Balaban J connectivity index is 1.70. The average molecular weight is 296 g/mol. The van der Waals surface area contributed by atoms with E-state index in [2.05, 4.69) is 46.0 Å². The molecule has 2 heterocycles. The Morgan fingerprint density at radius 3 is 2.77 bits per heavy atom. The first-order chi connectivity index (χ1) is 10.8. The van der Waals surface area contributed by atoms with Crippen molar-refractivity contribution in [3.05, 3.63) is 49.2 Å². The summed E-state index contributed by atoms with van der Waals surface area (Å²) in [5.41, 5.74) is 2.17. The van der Waals surface area contributed by atoms with Gasteiger partial charge in [-0.15, -0.1) is 6.58 Å². The zero-order valence-electron chi connectivity index (χ0n) is 12.5. The fourth-order valence-corrected chi connectivity index (χ4v) is 2.77. The predicted molar refractivity (Wildman–Crippen MR) is 89.1 cm³/mol. The summed E-state index contributed by atoms with van der Waals surface area (Å²) in [6, 6.07) is 10.2. The van der Waals surface area contributed by atoms with E-state index >= 15 is 0 Å². The molecule has 0 aliphatic carbocycles. The van der Waals surface area contributed by atoms with Gasteiger partial charge in [-0.05, 0) is 12.1 Å². The van der Waals surface area contributed by atoms with Gasteiger partial charge in [-0.2, -0.15) is 0 Å². The van der Waals surface area contributed by atoms with Crippen molar-refractivity contribution in [1.82, 2.24) is 15.2 Å². The smallest absolute Gasteiger partial charge is 0.317 e. The molecular formula is C17H20N4O. The number of aromatic nitrogens is 1. The molecule has 2 amide bonds. The summed E-state index contributed by atoms with van der Waals surface area (Å²) in [6.45, 7) is 7.18. The second-order valence-electron chi connectivity index (χ2n) is 5.30. The van der Waals surface area contributed by atoms with E-state index < -0.39 is 0 Å². The van der Waals surface area contributed by atoms with Gasteiger partial charge in [0.25, 0.3) is 0 Å². The number of hydrogen-bond acceptors (Lipinski definition) is 3. The van der Waals surface area contributed by atoms with Crippen LogP contribution in [0.2, 0.25) is 0 Å². The number of rotatable bonds is 3. The van der Waals surface area contributed by atoms with E-state index in [9.17, 15) is 4.79 Å². The molecule has 0 bridgehead atoms. The number of fused-ring (bicyclic) bond motifs is 1. The second-order valence-corrected chi connectivity index (χ2v) is 5.30. The van der Waals surface area contributed by atoms with Gasteiger partial charge in [0.1, 0.15) is 0 Å². The lowest BCUT2D eigenvalue weighted by Gasteiger charge is -2.36. The molecule has 0 radical (unpaired) electrons. The maximum Gasteiger partial charge on any atom is 0.317 e. The van der Waals surface area contributed by atoms with Gasteiger partial charge >= 0.3 is 6.03 Å². The van der Waals surface area contributed by atoms with E-state index in [4.69, 9.17) is 0 Å². The fourth-order valence-electron chi connectivity index (χ4n) is 2.77. The standard InChI is InChI=1S/C17H20N4O/c1-2-8-19-17(22)21-12-10-20(11-13-21)15-7-3-5-14-6-4-9-18-16(14)15/h2-7,9H,1,8,10-13H2,(H,19,22). The zero-order valence-corrected chi connectivity index (χ0v) is 12.5. The van der Waals surface area contributed by atoms with Gasteiger partial charge in [0.05, 0.1) is 11.2 Å². The highest BCUT2D eigenvalue weighted by molar-refractivity contribution is 5.90. The quantitative estimate of drug-likeness (QED) is 0.884. The van der Waals surface area contributed by atoms with Gasteiger partial charge in [-0.1, -0.05) is 24.3 Å². The van der Waals surface area contributed by atoms with E-state index in [1.54, 1.807) is 6.08 Å². The minimum absolute atomic E-state index is 0.0180. The van der Waals surface area contributed by atoms with E-state index in [1.807, 2.05) is 17.2 Å². The molecule has 22 heavy (non-hydrogen) atoms. The third-order valence-electron chi connectivity index (χ3n) is 3.92. The molecule has 2 aromatic rings. The van der Waals surface area contributed by atoms with Crippen molar-refractivity contribution < 1.29 is 4.79 Å². The Morgan fingerprint density at radius 1 is 1.23 bits per heavy atom. The first-order valence-corrected chi connectivity index (χ1v) is 7.52. The van der Waals surface area contributed by atoms with Crippen molar-refractivity contribution >= 4 is 22.6 Å². The number of nitrogens with zero attached hydrogens (tertiary/aromatic N) is 3. The Bertz CT molecular complexity index is 672. The van der Waals surface area contributed by atoms with Crippen LogP contribution in [-0.4, -0.2) is 48.6 Å². The van der Waals surface area contributed by atoms with Crippen LogP contribution < -0.4 is 10.2 Å². The second kappa shape index (κ2) is 6.47. The van der Waals surface area contributed by atoms with Gasteiger partial charge in [0.15, 0.2) is 0 Å². The van der Waals surface area contributed by atoms with E-state index in [-0.39, 0.29) is 6.03 Å². The molecule has 5 nitrogen and oxygen atoms in total. The third kappa shape index (κ3) is 2.88. The molecule has 3 rings (SSSR count). The van der Waals surface area contributed by atoms with Crippen molar-refractivity contribution in [2.45, 2.75) is 0 Å². The highest BCUT2D eigenvalue weighted by Gasteiger charge is 2.21. The minimum atomic E-state index is -0.0180. The monoisotopic (exact) mass is 296 g/mol. The van der Waals surface area contributed by atoms with Gasteiger partial charge in [-0.25, -0.2) is 4.79 Å². The molecular weight excluding hydrogens is 276 g/mol. The number of carbonyl (C=O) groups is 1. The molecule has 1 N–H and O–H groups in total. The molecule has 1 saturated heterocycles. The number of amides is 2.